The standard InChI is InChI=1S/C32H37NO7S/c1-38-27-6-2-3-7-29(27)41-21-26-18-28(24-14-12-23(20-34)13-15-24)40-32(39-26)25-16-10-22(11-17-25)19-33-30(35)8-4-5-9-31(36)37/h2-3,6-7,10-17,26,28,32,34H,4-5,8-9,18-21H2,1H3,(H,33,35)(H,36,37)/t26-,28+,32+/m0/s1. The number of ether oxygens (including phenoxy) is 3. The second-order valence-electron chi connectivity index (χ2n) is 9.93. The number of hydrogen-bond acceptors (Lipinski definition) is 7. The Hall–Kier alpha value is -3.37. The zero-order valence-corrected chi connectivity index (χ0v) is 24.0. The van der Waals surface area contributed by atoms with Gasteiger partial charge in [0.1, 0.15) is 5.75 Å². The number of unbranched alkanes of at least 4 members (excludes halogenated alkanes) is 1. The van der Waals surface area contributed by atoms with Gasteiger partial charge in [-0.15, -0.1) is 11.8 Å². The number of benzene rings is 3. The van der Waals surface area contributed by atoms with Crippen LogP contribution in [0, 0.1) is 0 Å². The van der Waals surface area contributed by atoms with E-state index < -0.39 is 12.3 Å². The van der Waals surface area contributed by atoms with E-state index in [-0.39, 0.29) is 31.1 Å². The molecule has 1 aliphatic rings. The van der Waals surface area contributed by atoms with E-state index in [9.17, 15) is 14.7 Å². The van der Waals surface area contributed by atoms with Gasteiger partial charge in [0.2, 0.25) is 5.91 Å². The van der Waals surface area contributed by atoms with Gasteiger partial charge in [-0.25, -0.2) is 0 Å². The lowest BCUT2D eigenvalue weighted by atomic mass is 10.0. The van der Waals surface area contributed by atoms with E-state index in [1.54, 1.807) is 18.9 Å². The highest BCUT2D eigenvalue weighted by Gasteiger charge is 2.32. The molecule has 1 heterocycles. The molecule has 0 unspecified atom stereocenters. The first kappa shape index (κ1) is 30.6. The highest BCUT2D eigenvalue weighted by Crippen LogP contribution is 2.40. The van der Waals surface area contributed by atoms with Gasteiger partial charge in [0, 0.05) is 42.0 Å². The summed E-state index contributed by atoms with van der Waals surface area (Å²) in [5, 5.41) is 21.1. The number of carbonyl (C=O) groups excluding carboxylic acids is 1. The van der Waals surface area contributed by atoms with Crippen molar-refractivity contribution < 1.29 is 34.0 Å². The molecule has 3 aromatic rings. The molecule has 1 amide bonds. The molecule has 218 valence electrons. The summed E-state index contributed by atoms with van der Waals surface area (Å²) in [7, 11) is 1.67. The third-order valence-corrected chi connectivity index (χ3v) is 8.08. The average molecular weight is 580 g/mol. The third-order valence-electron chi connectivity index (χ3n) is 6.89. The minimum Gasteiger partial charge on any atom is -0.496 e. The second-order valence-corrected chi connectivity index (χ2v) is 11.0. The van der Waals surface area contributed by atoms with Crippen molar-refractivity contribution in [1.29, 1.82) is 0 Å². The molecule has 1 saturated heterocycles. The van der Waals surface area contributed by atoms with Crippen molar-refractivity contribution in [1.82, 2.24) is 5.32 Å². The first-order chi connectivity index (χ1) is 19.9. The quantitative estimate of drug-likeness (QED) is 0.163. The van der Waals surface area contributed by atoms with Gasteiger partial charge in [-0.05, 0) is 41.7 Å². The summed E-state index contributed by atoms with van der Waals surface area (Å²) >= 11 is 1.69. The fourth-order valence-electron chi connectivity index (χ4n) is 4.59. The van der Waals surface area contributed by atoms with Gasteiger partial charge in [-0.1, -0.05) is 60.7 Å². The Kier molecular flexibility index (Phi) is 11.6. The van der Waals surface area contributed by atoms with E-state index in [2.05, 4.69) is 5.32 Å². The van der Waals surface area contributed by atoms with Crippen molar-refractivity contribution in [3.05, 3.63) is 95.1 Å². The first-order valence-corrected chi connectivity index (χ1v) is 14.8. The fourth-order valence-corrected chi connectivity index (χ4v) is 5.64. The maximum absolute atomic E-state index is 12.1. The fraction of sp³-hybridized carbons (Fsp3) is 0.375. The zero-order chi connectivity index (χ0) is 29.0. The van der Waals surface area contributed by atoms with Crippen molar-refractivity contribution in [2.24, 2.45) is 0 Å². The summed E-state index contributed by atoms with van der Waals surface area (Å²) in [6.07, 6.45) is 1.30. The van der Waals surface area contributed by atoms with E-state index in [1.807, 2.05) is 72.8 Å². The summed E-state index contributed by atoms with van der Waals surface area (Å²) in [4.78, 5) is 23.8. The first-order valence-electron chi connectivity index (χ1n) is 13.8. The maximum Gasteiger partial charge on any atom is 0.303 e. The van der Waals surface area contributed by atoms with Gasteiger partial charge >= 0.3 is 5.97 Å². The number of para-hydroxylation sites is 1. The van der Waals surface area contributed by atoms with E-state index in [0.29, 0.717) is 32.2 Å². The van der Waals surface area contributed by atoms with Gasteiger partial charge < -0.3 is 29.7 Å². The molecular weight excluding hydrogens is 542 g/mol. The number of amides is 1. The summed E-state index contributed by atoms with van der Waals surface area (Å²) in [6, 6.07) is 23.6. The van der Waals surface area contributed by atoms with Crippen molar-refractivity contribution in [2.75, 3.05) is 12.9 Å². The Balaban J connectivity index is 1.40. The average Bonchev–Trinajstić information content (AvgIpc) is 3.01. The van der Waals surface area contributed by atoms with Gasteiger partial charge in [-0.2, -0.15) is 0 Å². The largest absolute Gasteiger partial charge is 0.496 e. The SMILES string of the molecule is COc1ccccc1SC[C@@H]1C[C@H](c2ccc(CO)cc2)O[C@H](c2ccc(CNC(=O)CCCCC(=O)O)cc2)O1. The maximum atomic E-state index is 12.1. The molecule has 3 aromatic carbocycles. The van der Waals surface area contributed by atoms with Gasteiger partial charge in [-0.3, -0.25) is 9.59 Å². The number of aliphatic carboxylic acids is 1. The number of carbonyl (C=O) groups is 2. The second kappa shape index (κ2) is 15.6. The predicted molar refractivity (Wildman–Crippen MR) is 157 cm³/mol. The van der Waals surface area contributed by atoms with Gasteiger partial charge in [0.05, 0.1) is 25.9 Å². The number of nitrogens with one attached hydrogen (secondary N) is 1. The Morgan fingerprint density at radius 1 is 0.927 bits per heavy atom. The molecule has 0 saturated carbocycles. The minimum absolute atomic E-state index is 0.00671. The topological polar surface area (TPSA) is 114 Å². The van der Waals surface area contributed by atoms with Crippen LogP contribution in [0.1, 0.15) is 66.8 Å². The molecule has 0 bridgehead atoms. The van der Waals surface area contributed by atoms with E-state index >= 15 is 0 Å². The Bertz CT molecular complexity index is 1270. The molecule has 41 heavy (non-hydrogen) atoms. The monoisotopic (exact) mass is 579 g/mol. The summed E-state index contributed by atoms with van der Waals surface area (Å²) in [6.45, 7) is 0.385. The molecule has 0 aliphatic carbocycles. The lowest BCUT2D eigenvalue weighted by Crippen LogP contribution is -2.31. The normalized spacial score (nSPS) is 18.5. The van der Waals surface area contributed by atoms with Crippen LogP contribution in [-0.2, 0) is 32.2 Å². The predicted octanol–water partition coefficient (Wildman–Crippen LogP) is 5.79. The molecule has 1 fully saturated rings. The van der Waals surface area contributed by atoms with Crippen LogP contribution in [0.15, 0.2) is 77.7 Å². The minimum atomic E-state index is -0.844. The molecule has 0 spiro atoms. The molecule has 9 heteroatoms. The Morgan fingerprint density at radius 3 is 2.32 bits per heavy atom. The number of aliphatic hydroxyl groups is 1. The zero-order valence-electron chi connectivity index (χ0n) is 23.2. The number of carboxylic acids is 1. The Labute approximate surface area is 245 Å². The molecule has 0 radical (unpaired) electrons. The molecule has 3 N–H and O–H groups in total. The number of thioether (sulfide) groups is 1. The molecule has 0 aromatic heterocycles. The van der Waals surface area contributed by atoms with Crippen molar-refractivity contribution >= 4 is 23.6 Å². The summed E-state index contributed by atoms with van der Waals surface area (Å²) in [5.74, 6) is 0.620. The van der Waals surface area contributed by atoms with Crippen LogP contribution in [0.2, 0.25) is 0 Å². The highest BCUT2D eigenvalue weighted by molar-refractivity contribution is 7.99. The number of aliphatic hydroxyl groups excluding tert-OH is 1. The smallest absolute Gasteiger partial charge is 0.303 e. The van der Waals surface area contributed by atoms with Crippen LogP contribution >= 0.6 is 11.8 Å². The number of rotatable bonds is 14. The van der Waals surface area contributed by atoms with Crippen LogP contribution in [0.4, 0.5) is 0 Å². The van der Waals surface area contributed by atoms with Gasteiger partial charge in [0.25, 0.3) is 0 Å². The van der Waals surface area contributed by atoms with Crippen molar-refractivity contribution in [2.45, 2.75) is 68.6 Å². The van der Waals surface area contributed by atoms with Crippen LogP contribution in [0.25, 0.3) is 0 Å². The lowest BCUT2D eigenvalue weighted by molar-refractivity contribution is -0.245. The number of hydrogen-bond donors (Lipinski definition) is 3. The molecule has 4 rings (SSSR count). The summed E-state index contributed by atoms with van der Waals surface area (Å²) in [5.41, 5.74) is 3.72. The van der Waals surface area contributed by atoms with Crippen LogP contribution in [-0.4, -0.2) is 41.1 Å². The van der Waals surface area contributed by atoms with Crippen molar-refractivity contribution in [3.8, 4) is 5.75 Å². The van der Waals surface area contributed by atoms with E-state index in [1.165, 1.54) is 0 Å². The molecule has 1 aliphatic heterocycles. The lowest BCUT2D eigenvalue weighted by Gasteiger charge is -2.36. The number of carboxylic acid groups (broad SMARTS) is 1. The van der Waals surface area contributed by atoms with Crippen LogP contribution in [0.3, 0.4) is 0 Å². The van der Waals surface area contributed by atoms with E-state index in [0.717, 1.165) is 38.7 Å². The number of methoxy groups -OCH3 is 1. The molecule has 8 nitrogen and oxygen atoms in total. The van der Waals surface area contributed by atoms with Crippen LogP contribution < -0.4 is 10.1 Å². The Morgan fingerprint density at radius 2 is 1.61 bits per heavy atom. The van der Waals surface area contributed by atoms with E-state index in [4.69, 9.17) is 19.3 Å². The highest BCUT2D eigenvalue weighted by atomic mass is 32.2. The van der Waals surface area contributed by atoms with Gasteiger partial charge in [0.15, 0.2) is 6.29 Å². The summed E-state index contributed by atoms with van der Waals surface area (Å²) < 4.78 is 18.4. The molecular formula is C32H37NO7S. The molecule has 3 atom stereocenters. The van der Waals surface area contributed by atoms with Crippen molar-refractivity contribution in [3.63, 3.8) is 0 Å². The third kappa shape index (κ3) is 9.33. The van der Waals surface area contributed by atoms with Crippen LogP contribution in [0.5, 0.6) is 5.75 Å².